The Kier molecular flexibility index (Phi) is 5.86. The summed E-state index contributed by atoms with van der Waals surface area (Å²) in [6, 6.07) is 8.11. The molecule has 1 aliphatic rings. The van der Waals surface area contributed by atoms with E-state index in [2.05, 4.69) is 26.1 Å². The third kappa shape index (κ3) is 4.59. The molecule has 1 amide bonds. The van der Waals surface area contributed by atoms with Crippen molar-refractivity contribution in [1.29, 1.82) is 0 Å². The predicted molar refractivity (Wildman–Crippen MR) is 118 cm³/mol. The molecule has 7 nitrogen and oxygen atoms in total. The van der Waals surface area contributed by atoms with Crippen LogP contribution in [0.5, 0.6) is 0 Å². The molecule has 1 saturated heterocycles. The number of hydrogen-bond acceptors (Lipinski definition) is 4. The summed E-state index contributed by atoms with van der Waals surface area (Å²) >= 11 is 0. The van der Waals surface area contributed by atoms with Crippen LogP contribution in [0.15, 0.2) is 35.2 Å². The SMILES string of the molecule is CC(C)(C)c1cc(NC(=O)c2cccc(S(=O)(=O)N3CCCC3)c2)n(C(C)(C)C)n1. The second kappa shape index (κ2) is 7.81. The predicted octanol–water partition coefficient (Wildman–Crippen LogP) is 3.97. The molecule has 0 saturated carbocycles. The van der Waals surface area contributed by atoms with Crippen molar-refractivity contribution >= 4 is 21.7 Å². The third-order valence-corrected chi connectivity index (χ3v) is 7.05. The normalized spacial score (nSPS) is 16.1. The Labute approximate surface area is 179 Å². The highest BCUT2D eigenvalue weighted by atomic mass is 32.2. The molecule has 0 aliphatic carbocycles. The fourth-order valence-electron chi connectivity index (χ4n) is 3.41. The highest BCUT2D eigenvalue weighted by Crippen LogP contribution is 2.29. The van der Waals surface area contributed by atoms with E-state index < -0.39 is 10.0 Å². The number of nitrogens with zero attached hydrogens (tertiary/aromatic N) is 3. The maximum absolute atomic E-state index is 13.0. The minimum atomic E-state index is -3.58. The topological polar surface area (TPSA) is 84.3 Å². The van der Waals surface area contributed by atoms with Gasteiger partial charge in [-0.05, 0) is 51.8 Å². The van der Waals surface area contributed by atoms with Crippen LogP contribution in [0.25, 0.3) is 0 Å². The van der Waals surface area contributed by atoms with Gasteiger partial charge in [-0.3, -0.25) is 4.79 Å². The number of rotatable bonds is 4. The van der Waals surface area contributed by atoms with Crippen LogP contribution >= 0.6 is 0 Å². The first-order valence-corrected chi connectivity index (χ1v) is 11.8. The highest BCUT2D eigenvalue weighted by Gasteiger charge is 2.29. The van der Waals surface area contributed by atoms with Gasteiger partial charge in [0.1, 0.15) is 5.82 Å². The summed E-state index contributed by atoms with van der Waals surface area (Å²) in [6.45, 7) is 13.3. The molecule has 1 fully saturated rings. The number of anilines is 1. The summed E-state index contributed by atoms with van der Waals surface area (Å²) in [5.41, 5.74) is 0.680. The molecule has 1 aromatic heterocycles. The van der Waals surface area contributed by atoms with Crippen LogP contribution < -0.4 is 5.32 Å². The zero-order chi connectivity index (χ0) is 22.3. The van der Waals surface area contributed by atoms with Crippen LogP contribution in [-0.2, 0) is 21.0 Å². The lowest BCUT2D eigenvalue weighted by Crippen LogP contribution is -2.28. The molecule has 30 heavy (non-hydrogen) atoms. The van der Waals surface area contributed by atoms with Crippen molar-refractivity contribution < 1.29 is 13.2 Å². The summed E-state index contributed by atoms with van der Waals surface area (Å²) in [5.74, 6) is 0.226. The van der Waals surface area contributed by atoms with E-state index in [4.69, 9.17) is 5.10 Å². The molecule has 8 heteroatoms. The van der Waals surface area contributed by atoms with Crippen molar-refractivity contribution in [3.63, 3.8) is 0 Å². The lowest BCUT2D eigenvalue weighted by molar-refractivity contribution is 0.102. The van der Waals surface area contributed by atoms with Gasteiger partial charge in [0.25, 0.3) is 5.91 Å². The largest absolute Gasteiger partial charge is 0.307 e. The summed E-state index contributed by atoms with van der Waals surface area (Å²) in [5, 5.41) is 7.64. The first-order valence-electron chi connectivity index (χ1n) is 10.3. The van der Waals surface area contributed by atoms with Crippen molar-refractivity contribution in [3.05, 3.63) is 41.6 Å². The summed E-state index contributed by atoms with van der Waals surface area (Å²) in [7, 11) is -3.58. The average molecular weight is 433 g/mol. The Morgan fingerprint density at radius 1 is 1.03 bits per heavy atom. The van der Waals surface area contributed by atoms with Gasteiger partial charge < -0.3 is 5.32 Å². The quantitative estimate of drug-likeness (QED) is 0.792. The Morgan fingerprint density at radius 3 is 2.23 bits per heavy atom. The Hall–Kier alpha value is -2.19. The van der Waals surface area contributed by atoms with E-state index in [0.717, 1.165) is 18.5 Å². The molecule has 0 spiro atoms. The van der Waals surface area contributed by atoms with Gasteiger partial charge in [-0.25, -0.2) is 13.1 Å². The molecule has 3 rings (SSSR count). The Morgan fingerprint density at radius 2 is 1.67 bits per heavy atom. The molecule has 0 atom stereocenters. The second-order valence-corrected chi connectivity index (χ2v) is 11.8. The number of hydrogen-bond donors (Lipinski definition) is 1. The molecule has 0 unspecified atom stereocenters. The lowest BCUT2D eigenvalue weighted by atomic mass is 9.92. The molecule has 0 radical (unpaired) electrons. The van der Waals surface area contributed by atoms with Crippen LogP contribution in [0.4, 0.5) is 5.82 Å². The van der Waals surface area contributed by atoms with E-state index in [0.29, 0.717) is 24.5 Å². The van der Waals surface area contributed by atoms with Crippen molar-refractivity contribution in [1.82, 2.24) is 14.1 Å². The molecule has 2 aromatic rings. The maximum Gasteiger partial charge on any atom is 0.256 e. The zero-order valence-electron chi connectivity index (χ0n) is 18.7. The fourth-order valence-corrected chi connectivity index (χ4v) is 4.98. The van der Waals surface area contributed by atoms with E-state index >= 15 is 0 Å². The first kappa shape index (κ1) is 22.5. The average Bonchev–Trinajstić information content (AvgIpc) is 3.31. The van der Waals surface area contributed by atoms with Gasteiger partial charge >= 0.3 is 0 Å². The summed E-state index contributed by atoms with van der Waals surface area (Å²) in [6.07, 6.45) is 1.73. The molecular formula is C22H32N4O3S. The molecule has 0 bridgehead atoms. The number of amides is 1. The molecule has 1 N–H and O–H groups in total. The number of benzene rings is 1. The highest BCUT2D eigenvalue weighted by molar-refractivity contribution is 7.89. The monoisotopic (exact) mass is 432 g/mol. The van der Waals surface area contributed by atoms with Gasteiger partial charge in [0.05, 0.1) is 16.1 Å². The van der Waals surface area contributed by atoms with Crippen LogP contribution in [0, 0.1) is 0 Å². The van der Waals surface area contributed by atoms with Gasteiger partial charge in [-0.1, -0.05) is 26.8 Å². The number of carbonyl (C=O) groups excluding carboxylic acids is 1. The smallest absolute Gasteiger partial charge is 0.256 e. The van der Waals surface area contributed by atoms with Crippen molar-refractivity contribution in [3.8, 4) is 0 Å². The molecule has 164 valence electrons. The van der Waals surface area contributed by atoms with Crippen LogP contribution in [-0.4, -0.2) is 41.5 Å². The Balaban J connectivity index is 1.91. The standard InChI is InChI=1S/C22H32N4O3S/c1-21(2,3)18-15-19(26(24-18)22(4,5)6)23-20(27)16-10-9-11-17(14-16)30(28,29)25-12-7-8-13-25/h9-11,14-15H,7-8,12-13H2,1-6H3,(H,23,27). The number of carbonyl (C=O) groups is 1. The van der Waals surface area contributed by atoms with Crippen molar-refractivity contribution in [2.45, 2.75) is 70.2 Å². The van der Waals surface area contributed by atoms with Gasteiger partial charge in [-0.15, -0.1) is 0 Å². The maximum atomic E-state index is 13.0. The van der Waals surface area contributed by atoms with Crippen LogP contribution in [0.3, 0.4) is 0 Å². The first-order chi connectivity index (χ1) is 13.8. The third-order valence-electron chi connectivity index (χ3n) is 5.15. The van der Waals surface area contributed by atoms with Gasteiger partial charge in [0, 0.05) is 30.1 Å². The summed E-state index contributed by atoms with van der Waals surface area (Å²) < 4.78 is 29.0. The van der Waals surface area contributed by atoms with Crippen molar-refractivity contribution in [2.75, 3.05) is 18.4 Å². The van der Waals surface area contributed by atoms with Crippen LogP contribution in [0.1, 0.15) is 70.4 Å². The molecule has 1 aromatic carbocycles. The minimum absolute atomic E-state index is 0.150. The van der Waals surface area contributed by atoms with E-state index in [1.54, 1.807) is 22.9 Å². The van der Waals surface area contributed by atoms with Crippen LogP contribution in [0.2, 0.25) is 0 Å². The lowest BCUT2D eigenvalue weighted by Gasteiger charge is -2.23. The molecular weight excluding hydrogens is 400 g/mol. The zero-order valence-corrected chi connectivity index (χ0v) is 19.5. The number of sulfonamides is 1. The Bertz CT molecular complexity index is 1040. The van der Waals surface area contributed by atoms with Gasteiger partial charge in [0.15, 0.2) is 0 Å². The van der Waals surface area contributed by atoms with Gasteiger partial charge in [-0.2, -0.15) is 9.40 Å². The van der Waals surface area contributed by atoms with E-state index in [-0.39, 0.29) is 21.8 Å². The van der Waals surface area contributed by atoms with Crippen molar-refractivity contribution in [2.24, 2.45) is 0 Å². The molecule has 2 heterocycles. The van der Waals surface area contributed by atoms with E-state index in [1.807, 2.05) is 26.8 Å². The summed E-state index contributed by atoms with van der Waals surface area (Å²) in [4.78, 5) is 13.1. The van der Waals surface area contributed by atoms with Gasteiger partial charge in [0.2, 0.25) is 10.0 Å². The molecule has 1 aliphatic heterocycles. The second-order valence-electron chi connectivity index (χ2n) is 9.84. The number of aromatic nitrogens is 2. The number of nitrogens with one attached hydrogen (secondary N) is 1. The fraction of sp³-hybridized carbons (Fsp3) is 0.545. The van der Waals surface area contributed by atoms with E-state index in [9.17, 15) is 13.2 Å². The minimum Gasteiger partial charge on any atom is -0.307 e. The van der Waals surface area contributed by atoms with E-state index in [1.165, 1.54) is 10.4 Å².